The van der Waals surface area contributed by atoms with Crippen molar-refractivity contribution in [3.8, 4) is 0 Å². The Morgan fingerprint density at radius 3 is 2.40 bits per heavy atom. The number of rotatable bonds is 5. The van der Waals surface area contributed by atoms with Crippen molar-refractivity contribution in [1.29, 1.82) is 0 Å². The van der Waals surface area contributed by atoms with Crippen LogP contribution in [0.5, 0.6) is 0 Å². The van der Waals surface area contributed by atoms with Gasteiger partial charge < -0.3 is 0 Å². The van der Waals surface area contributed by atoms with Gasteiger partial charge in [-0.15, -0.1) is 11.6 Å². The van der Waals surface area contributed by atoms with Gasteiger partial charge in [-0.3, -0.25) is 0 Å². The molecule has 0 saturated carbocycles. The third-order valence-corrected chi connectivity index (χ3v) is 1.71. The highest BCUT2D eigenvalue weighted by Crippen LogP contribution is 2.06. The van der Waals surface area contributed by atoms with E-state index in [1.54, 1.807) is 4.42 Å². The lowest BCUT2D eigenvalue weighted by Gasteiger charge is -2.06. The number of hydrogen-bond donors (Lipinski definition) is 0. The van der Waals surface area contributed by atoms with Crippen LogP contribution in [0.1, 0.15) is 26.2 Å². The van der Waals surface area contributed by atoms with Crippen LogP contribution in [0.25, 0.3) is 0 Å². The van der Waals surface area contributed by atoms with Crippen LogP contribution in [-0.4, -0.2) is 23.4 Å². The summed E-state index contributed by atoms with van der Waals surface area (Å²) in [6.45, 7) is 2.97. The Kier molecular flexibility index (Phi) is 6.60. The molecule has 0 heterocycles. The van der Waals surface area contributed by atoms with E-state index in [1.807, 2.05) is 14.0 Å². The molecule has 0 N–H and O–H groups in total. The van der Waals surface area contributed by atoms with Crippen molar-refractivity contribution in [2.45, 2.75) is 31.6 Å². The van der Waals surface area contributed by atoms with Gasteiger partial charge in [0.15, 0.2) is 0 Å². The van der Waals surface area contributed by atoms with Gasteiger partial charge in [0.25, 0.3) is 0 Å². The highest BCUT2D eigenvalue weighted by atomic mass is 35.5. The maximum absolute atomic E-state index is 5.75. The van der Waals surface area contributed by atoms with Gasteiger partial charge in [-0.25, -0.2) is 4.42 Å². The number of halogens is 2. The first kappa shape index (κ1) is 10.5. The van der Waals surface area contributed by atoms with E-state index in [9.17, 15) is 0 Å². The first-order valence-electron chi connectivity index (χ1n) is 3.64. The van der Waals surface area contributed by atoms with E-state index >= 15 is 0 Å². The second-order valence-electron chi connectivity index (χ2n) is 2.60. The Hall–Kier alpha value is 0.540. The first-order valence-corrected chi connectivity index (χ1v) is 4.41. The monoisotopic (exact) mass is 183 g/mol. The fraction of sp³-hybridized carbons (Fsp3) is 1.00. The summed E-state index contributed by atoms with van der Waals surface area (Å²) in [7, 11) is 1.87. The number of unbranched alkanes of at least 4 members (excludes halogenated alkanes) is 1. The SMILES string of the molecule is CC(Cl)CCCCN(C)Cl. The zero-order chi connectivity index (χ0) is 7.98. The predicted octanol–water partition coefficient (Wildman–Crippen LogP) is 2.87. The molecule has 0 radical (unpaired) electrons. The summed E-state index contributed by atoms with van der Waals surface area (Å²) in [6.07, 6.45) is 3.39. The topological polar surface area (TPSA) is 3.24 Å². The predicted molar refractivity (Wildman–Crippen MR) is 47.6 cm³/mol. The molecule has 0 aromatic heterocycles. The van der Waals surface area contributed by atoms with Crippen LogP contribution in [0, 0.1) is 0 Å². The molecule has 0 aromatic rings. The van der Waals surface area contributed by atoms with Gasteiger partial charge in [0, 0.05) is 19.0 Å². The molecule has 0 spiro atoms. The van der Waals surface area contributed by atoms with Crippen LogP contribution in [0.15, 0.2) is 0 Å². The fourth-order valence-electron chi connectivity index (χ4n) is 0.755. The summed E-state index contributed by atoms with van der Waals surface area (Å²) >= 11 is 11.3. The van der Waals surface area contributed by atoms with Crippen molar-refractivity contribution >= 4 is 23.4 Å². The fourth-order valence-corrected chi connectivity index (χ4v) is 1.03. The molecule has 1 unspecified atom stereocenters. The third-order valence-electron chi connectivity index (χ3n) is 1.32. The standard InChI is InChI=1S/C7H15Cl2N/c1-7(8)5-3-4-6-10(2)9/h7H,3-6H2,1-2H3. The van der Waals surface area contributed by atoms with Crippen molar-refractivity contribution in [3.05, 3.63) is 0 Å². The normalized spacial score (nSPS) is 14.1. The van der Waals surface area contributed by atoms with E-state index in [4.69, 9.17) is 23.4 Å². The average molecular weight is 184 g/mol. The lowest BCUT2D eigenvalue weighted by molar-refractivity contribution is 0.504. The maximum Gasteiger partial charge on any atom is 0.0307 e. The number of hydrogen-bond acceptors (Lipinski definition) is 1. The number of alkyl halides is 1. The summed E-state index contributed by atoms with van der Waals surface area (Å²) in [5.74, 6) is 0. The highest BCUT2D eigenvalue weighted by molar-refractivity contribution is 6.20. The molecule has 0 saturated heterocycles. The minimum absolute atomic E-state index is 0.306. The van der Waals surface area contributed by atoms with Crippen LogP contribution in [-0.2, 0) is 0 Å². The molecule has 1 nitrogen and oxygen atoms in total. The Morgan fingerprint density at radius 2 is 2.00 bits per heavy atom. The molecule has 1 atom stereocenters. The second kappa shape index (κ2) is 6.26. The van der Waals surface area contributed by atoms with E-state index in [2.05, 4.69) is 0 Å². The van der Waals surface area contributed by atoms with Crippen LogP contribution in [0.3, 0.4) is 0 Å². The van der Waals surface area contributed by atoms with Crippen LogP contribution < -0.4 is 0 Å². The molecule has 10 heavy (non-hydrogen) atoms. The van der Waals surface area contributed by atoms with Crippen LogP contribution in [0.4, 0.5) is 0 Å². The zero-order valence-corrected chi connectivity index (χ0v) is 8.12. The van der Waals surface area contributed by atoms with Crippen molar-refractivity contribution in [2.75, 3.05) is 13.6 Å². The van der Waals surface area contributed by atoms with Gasteiger partial charge in [-0.2, -0.15) is 0 Å². The molecular weight excluding hydrogens is 169 g/mol. The van der Waals surface area contributed by atoms with E-state index in [-0.39, 0.29) is 0 Å². The van der Waals surface area contributed by atoms with Gasteiger partial charge in [-0.05, 0) is 31.5 Å². The molecule has 0 aliphatic carbocycles. The Balaban J connectivity index is 2.91. The van der Waals surface area contributed by atoms with Crippen molar-refractivity contribution in [2.24, 2.45) is 0 Å². The maximum atomic E-state index is 5.75. The van der Waals surface area contributed by atoms with Gasteiger partial charge in [0.1, 0.15) is 0 Å². The molecule has 62 valence electrons. The Morgan fingerprint density at radius 1 is 1.40 bits per heavy atom. The quantitative estimate of drug-likeness (QED) is 0.360. The van der Waals surface area contributed by atoms with Gasteiger partial charge >= 0.3 is 0 Å². The molecule has 3 heteroatoms. The smallest absolute Gasteiger partial charge is 0.0307 e. The van der Waals surface area contributed by atoms with Crippen molar-refractivity contribution < 1.29 is 0 Å². The molecule has 0 rings (SSSR count). The lowest BCUT2D eigenvalue weighted by atomic mass is 10.2. The Bertz CT molecular complexity index is 64.0. The molecule has 0 aliphatic rings. The molecule has 0 fully saturated rings. The van der Waals surface area contributed by atoms with E-state index < -0.39 is 0 Å². The molecular formula is C7H15Cl2N. The largest absolute Gasteiger partial charge is 0.223 e. The van der Waals surface area contributed by atoms with Gasteiger partial charge in [-0.1, -0.05) is 6.42 Å². The number of nitrogens with zero attached hydrogens (tertiary/aromatic N) is 1. The highest BCUT2D eigenvalue weighted by Gasteiger charge is 1.96. The average Bonchev–Trinajstić information content (AvgIpc) is 1.79. The van der Waals surface area contributed by atoms with Gasteiger partial charge in [0.05, 0.1) is 0 Å². The molecule has 0 aromatic carbocycles. The van der Waals surface area contributed by atoms with Crippen LogP contribution in [0.2, 0.25) is 0 Å². The molecule has 0 amide bonds. The summed E-state index contributed by atoms with van der Waals surface area (Å²) in [6, 6.07) is 0. The summed E-state index contributed by atoms with van der Waals surface area (Å²) in [5.41, 5.74) is 0. The summed E-state index contributed by atoms with van der Waals surface area (Å²) in [4.78, 5) is 0. The third kappa shape index (κ3) is 8.54. The Labute approximate surface area is 73.4 Å². The summed E-state index contributed by atoms with van der Waals surface area (Å²) in [5, 5.41) is 0.306. The van der Waals surface area contributed by atoms with E-state index in [0.29, 0.717) is 5.38 Å². The first-order chi connectivity index (χ1) is 4.63. The minimum Gasteiger partial charge on any atom is -0.223 e. The van der Waals surface area contributed by atoms with Crippen LogP contribution >= 0.6 is 23.4 Å². The van der Waals surface area contributed by atoms with Gasteiger partial charge in [0.2, 0.25) is 0 Å². The summed E-state index contributed by atoms with van der Waals surface area (Å²) < 4.78 is 1.68. The molecule has 0 aliphatic heterocycles. The molecule has 0 bridgehead atoms. The lowest BCUT2D eigenvalue weighted by Crippen LogP contribution is -2.06. The van der Waals surface area contributed by atoms with E-state index in [1.165, 1.54) is 6.42 Å². The minimum atomic E-state index is 0.306. The second-order valence-corrected chi connectivity index (χ2v) is 3.93. The zero-order valence-electron chi connectivity index (χ0n) is 6.61. The van der Waals surface area contributed by atoms with Crippen molar-refractivity contribution in [1.82, 2.24) is 4.42 Å². The van der Waals surface area contributed by atoms with Crippen molar-refractivity contribution in [3.63, 3.8) is 0 Å². The van der Waals surface area contributed by atoms with E-state index in [0.717, 1.165) is 19.4 Å².